The van der Waals surface area contributed by atoms with Crippen molar-refractivity contribution in [2.75, 3.05) is 13.1 Å². The van der Waals surface area contributed by atoms with Crippen molar-refractivity contribution in [3.05, 3.63) is 0 Å². The van der Waals surface area contributed by atoms with Crippen LogP contribution in [0.15, 0.2) is 0 Å². The second-order valence-electron chi connectivity index (χ2n) is 2.53. The molecule has 4 nitrogen and oxygen atoms in total. The topological polar surface area (TPSA) is 78.9 Å². The van der Waals surface area contributed by atoms with Crippen molar-refractivity contribution in [1.82, 2.24) is 5.32 Å². The van der Waals surface area contributed by atoms with Gasteiger partial charge in [-0.25, -0.2) is 0 Å². The van der Waals surface area contributed by atoms with E-state index in [1.54, 1.807) is 0 Å². The Balaban J connectivity index is 3.15. The van der Waals surface area contributed by atoms with Crippen molar-refractivity contribution in [2.24, 2.45) is 5.73 Å². The van der Waals surface area contributed by atoms with Crippen LogP contribution in [0.3, 0.4) is 0 Å². The molecular formula is C8H15N3O. The van der Waals surface area contributed by atoms with Gasteiger partial charge >= 0.3 is 0 Å². The standard InChI is InChI=1S/C8H15N3O/c9-5-3-1-2-4-8(12)11-7-6-10/h1-5,7,9H2,(H,11,12). The average molecular weight is 169 g/mol. The predicted molar refractivity (Wildman–Crippen MR) is 46.1 cm³/mol. The molecule has 0 rings (SSSR count). The van der Waals surface area contributed by atoms with Gasteiger partial charge in [0.05, 0.1) is 6.07 Å². The van der Waals surface area contributed by atoms with Crippen LogP contribution in [0.1, 0.15) is 25.7 Å². The normalized spacial score (nSPS) is 9.00. The van der Waals surface area contributed by atoms with Crippen molar-refractivity contribution in [3.63, 3.8) is 0 Å². The summed E-state index contributed by atoms with van der Waals surface area (Å²) in [6, 6.07) is 1.85. The van der Waals surface area contributed by atoms with Gasteiger partial charge in [0.2, 0.25) is 5.91 Å². The quantitative estimate of drug-likeness (QED) is 0.438. The van der Waals surface area contributed by atoms with E-state index in [4.69, 9.17) is 11.0 Å². The largest absolute Gasteiger partial charge is 0.343 e. The molecule has 0 atom stereocenters. The molecule has 0 unspecified atom stereocenters. The highest BCUT2D eigenvalue weighted by Crippen LogP contribution is 1.97. The minimum atomic E-state index is -0.0476. The maximum Gasteiger partial charge on any atom is 0.220 e. The van der Waals surface area contributed by atoms with E-state index < -0.39 is 0 Å². The molecule has 0 radical (unpaired) electrons. The minimum absolute atomic E-state index is 0.0476. The number of carbonyl (C=O) groups is 1. The highest BCUT2D eigenvalue weighted by atomic mass is 16.1. The Labute approximate surface area is 72.7 Å². The van der Waals surface area contributed by atoms with E-state index in [2.05, 4.69) is 5.32 Å². The molecule has 3 N–H and O–H groups in total. The first-order chi connectivity index (χ1) is 5.81. The summed E-state index contributed by atoms with van der Waals surface area (Å²) in [5, 5.41) is 10.6. The van der Waals surface area contributed by atoms with E-state index in [0.29, 0.717) is 13.0 Å². The van der Waals surface area contributed by atoms with Crippen LogP contribution in [0, 0.1) is 11.3 Å². The molecule has 0 spiro atoms. The average Bonchev–Trinajstić information content (AvgIpc) is 2.09. The smallest absolute Gasteiger partial charge is 0.220 e. The number of hydrogen-bond acceptors (Lipinski definition) is 3. The van der Waals surface area contributed by atoms with E-state index in [-0.39, 0.29) is 12.5 Å². The molecule has 0 saturated heterocycles. The van der Waals surface area contributed by atoms with Gasteiger partial charge in [-0.15, -0.1) is 0 Å². The van der Waals surface area contributed by atoms with Crippen molar-refractivity contribution in [2.45, 2.75) is 25.7 Å². The third-order valence-electron chi connectivity index (χ3n) is 1.47. The number of nitrogens with zero attached hydrogens (tertiary/aromatic N) is 1. The molecule has 0 fully saturated rings. The lowest BCUT2D eigenvalue weighted by Gasteiger charge is -1.99. The summed E-state index contributed by atoms with van der Waals surface area (Å²) >= 11 is 0. The number of nitriles is 1. The Morgan fingerprint density at radius 2 is 2.17 bits per heavy atom. The molecule has 68 valence electrons. The fourth-order valence-corrected chi connectivity index (χ4v) is 0.833. The highest BCUT2D eigenvalue weighted by molar-refractivity contribution is 5.75. The second-order valence-corrected chi connectivity index (χ2v) is 2.53. The summed E-state index contributed by atoms with van der Waals surface area (Å²) in [6.07, 6.45) is 3.30. The van der Waals surface area contributed by atoms with Gasteiger partial charge in [0, 0.05) is 6.42 Å². The molecule has 0 aromatic carbocycles. The lowest BCUT2D eigenvalue weighted by molar-refractivity contribution is -0.120. The van der Waals surface area contributed by atoms with Crippen LogP contribution in [-0.2, 0) is 4.79 Å². The van der Waals surface area contributed by atoms with Crippen molar-refractivity contribution < 1.29 is 4.79 Å². The molecular weight excluding hydrogens is 154 g/mol. The summed E-state index contributed by atoms with van der Waals surface area (Å²) in [4.78, 5) is 10.9. The van der Waals surface area contributed by atoms with Crippen LogP contribution in [0.5, 0.6) is 0 Å². The van der Waals surface area contributed by atoms with Crippen LogP contribution >= 0.6 is 0 Å². The molecule has 0 aromatic heterocycles. The molecule has 4 heteroatoms. The highest BCUT2D eigenvalue weighted by Gasteiger charge is 1.98. The van der Waals surface area contributed by atoms with E-state index in [1.807, 2.05) is 6.07 Å². The number of rotatable bonds is 6. The van der Waals surface area contributed by atoms with E-state index in [9.17, 15) is 4.79 Å². The lowest BCUT2D eigenvalue weighted by atomic mass is 10.2. The molecule has 1 amide bonds. The fourth-order valence-electron chi connectivity index (χ4n) is 0.833. The molecule has 0 aliphatic carbocycles. The molecule has 0 bridgehead atoms. The van der Waals surface area contributed by atoms with Crippen LogP contribution in [0.2, 0.25) is 0 Å². The van der Waals surface area contributed by atoms with Gasteiger partial charge in [-0.2, -0.15) is 5.26 Å². The second kappa shape index (κ2) is 8.02. The molecule has 0 aliphatic rings. The molecule has 0 saturated carbocycles. The fraction of sp³-hybridized carbons (Fsp3) is 0.750. The van der Waals surface area contributed by atoms with Gasteiger partial charge in [-0.1, -0.05) is 6.42 Å². The zero-order valence-electron chi connectivity index (χ0n) is 7.18. The van der Waals surface area contributed by atoms with Crippen LogP contribution in [0.25, 0.3) is 0 Å². The monoisotopic (exact) mass is 169 g/mol. The van der Waals surface area contributed by atoms with Gasteiger partial charge in [-0.3, -0.25) is 4.79 Å². The predicted octanol–water partition coefficient (Wildman–Crippen LogP) is 0.145. The summed E-state index contributed by atoms with van der Waals surface area (Å²) in [5.74, 6) is -0.0476. The first-order valence-corrected chi connectivity index (χ1v) is 4.15. The van der Waals surface area contributed by atoms with E-state index in [0.717, 1.165) is 19.3 Å². The van der Waals surface area contributed by atoms with Gasteiger partial charge < -0.3 is 11.1 Å². The van der Waals surface area contributed by atoms with Crippen molar-refractivity contribution in [3.8, 4) is 6.07 Å². The van der Waals surface area contributed by atoms with E-state index in [1.165, 1.54) is 0 Å². The van der Waals surface area contributed by atoms with Crippen LogP contribution in [-0.4, -0.2) is 19.0 Å². The number of nitrogens with one attached hydrogen (secondary N) is 1. The zero-order chi connectivity index (χ0) is 9.23. The Kier molecular flexibility index (Phi) is 7.30. The van der Waals surface area contributed by atoms with Crippen molar-refractivity contribution >= 4 is 5.91 Å². The maximum atomic E-state index is 10.9. The Bertz CT molecular complexity index is 162. The van der Waals surface area contributed by atoms with Crippen LogP contribution < -0.4 is 11.1 Å². The third-order valence-corrected chi connectivity index (χ3v) is 1.47. The zero-order valence-corrected chi connectivity index (χ0v) is 7.18. The lowest BCUT2D eigenvalue weighted by Crippen LogP contribution is -2.22. The van der Waals surface area contributed by atoms with Gasteiger partial charge in [0.15, 0.2) is 0 Å². The minimum Gasteiger partial charge on any atom is -0.343 e. The molecule has 0 aliphatic heterocycles. The molecule has 12 heavy (non-hydrogen) atoms. The number of amides is 1. The summed E-state index contributed by atoms with van der Waals surface area (Å²) in [6.45, 7) is 0.787. The third kappa shape index (κ3) is 7.03. The Morgan fingerprint density at radius 1 is 1.42 bits per heavy atom. The summed E-state index contributed by atoms with van der Waals surface area (Å²) in [5.41, 5.74) is 5.28. The number of carbonyl (C=O) groups excluding carboxylic acids is 1. The maximum absolute atomic E-state index is 10.9. The van der Waals surface area contributed by atoms with Gasteiger partial charge in [0.1, 0.15) is 6.54 Å². The molecule has 0 aromatic rings. The first kappa shape index (κ1) is 10.9. The number of hydrogen-bond donors (Lipinski definition) is 2. The summed E-state index contributed by atoms with van der Waals surface area (Å²) in [7, 11) is 0. The van der Waals surface area contributed by atoms with Crippen LogP contribution in [0.4, 0.5) is 0 Å². The Morgan fingerprint density at radius 3 is 2.75 bits per heavy atom. The van der Waals surface area contributed by atoms with E-state index >= 15 is 0 Å². The first-order valence-electron chi connectivity index (χ1n) is 4.15. The van der Waals surface area contributed by atoms with Gasteiger partial charge in [0.25, 0.3) is 0 Å². The number of nitrogens with two attached hydrogens (primary N) is 1. The Hall–Kier alpha value is -1.08. The number of unbranched alkanes of at least 4 members (excludes halogenated alkanes) is 2. The van der Waals surface area contributed by atoms with Crippen molar-refractivity contribution in [1.29, 1.82) is 5.26 Å². The summed E-state index contributed by atoms with van der Waals surface area (Å²) < 4.78 is 0. The molecule has 0 heterocycles. The van der Waals surface area contributed by atoms with Gasteiger partial charge in [-0.05, 0) is 19.4 Å². The SMILES string of the molecule is N#CCNC(=O)CCCCCN.